The van der Waals surface area contributed by atoms with E-state index in [1.165, 1.54) is 4.88 Å². The summed E-state index contributed by atoms with van der Waals surface area (Å²) in [6, 6.07) is 4.24. The number of thiophene rings is 1. The molecule has 3 nitrogen and oxygen atoms in total. The molecule has 3 N–H and O–H groups in total. The fraction of sp³-hybridized carbons (Fsp3) is 0.583. The van der Waals surface area contributed by atoms with Crippen LogP contribution >= 0.6 is 39.7 Å². The normalized spacial score (nSPS) is 23.2. The second-order valence-corrected chi connectivity index (χ2v) is 7.09. The lowest BCUT2D eigenvalue weighted by Gasteiger charge is -2.25. The van der Waals surface area contributed by atoms with E-state index >= 15 is 0 Å². The first-order valence-corrected chi connectivity index (χ1v) is 7.53. The number of nitrogens with one attached hydrogen (secondary N) is 1. The summed E-state index contributed by atoms with van der Waals surface area (Å²) in [5.74, 6) is 0.270. The molecule has 6 heteroatoms. The standard InChI is InChI=1S/C12H17BrN2OS.ClH/c13-11-5-4-10(17-11)7-15-12(16)8-2-1-3-9(14)6-8;/h4-5,8-9H,1-3,6-7,14H2,(H,15,16);1H. The van der Waals surface area contributed by atoms with Crippen molar-refractivity contribution >= 4 is 45.6 Å². The maximum atomic E-state index is 12.0. The molecule has 0 aliphatic heterocycles. The van der Waals surface area contributed by atoms with Gasteiger partial charge in [0.2, 0.25) is 5.91 Å². The maximum Gasteiger partial charge on any atom is 0.223 e. The van der Waals surface area contributed by atoms with E-state index in [0.29, 0.717) is 6.54 Å². The van der Waals surface area contributed by atoms with Crippen LogP contribution < -0.4 is 11.1 Å². The van der Waals surface area contributed by atoms with Gasteiger partial charge in [0.05, 0.1) is 10.3 Å². The number of hydrogen-bond acceptors (Lipinski definition) is 3. The first kappa shape index (κ1) is 16.0. The average molecular weight is 354 g/mol. The van der Waals surface area contributed by atoms with Gasteiger partial charge in [0.1, 0.15) is 0 Å². The van der Waals surface area contributed by atoms with Gasteiger partial charge in [0, 0.05) is 16.8 Å². The van der Waals surface area contributed by atoms with Crippen LogP contribution in [0.1, 0.15) is 30.6 Å². The van der Waals surface area contributed by atoms with Crippen LogP contribution in [0.4, 0.5) is 0 Å². The van der Waals surface area contributed by atoms with Gasteiger partial charge in [-0.25, -0.2) is 0 Å². The van der Waals surface area contributed by atoms with Gasteiger partial charge in [-0.3, -0.25) is 4.79 Å². The molecular weight excluding hydrogens is 336 g/mol. The molecule has 0 bridgehead atoms. The minimum absolute atomic E-state index is 0. The minimum atomic E-state index is 0. The second kappa shape index (κ2) is 7.48. The largest absolute Gasteiger partial charge is 0.351 e. The zero-order valence-corrected chi connectivity index (χ0v) is 13.2. The molecule has 18 heavy (non-hydrogen) atoms. The molecule has 0 saturated heterocycles. The van der Waals surface area contributed by atoms with Gasteiger partial charge in [0.25, 0.3) is 0 Å². The molecule has 2 unspecified atom stereocenters. The zero-order chi connectivity index (χ0) is 12.3. The van der Waals surface area contributed by atoms with E-state index in [2.05, 4.69) is 21.2 Å². The molecule has 1 heterocycles. The molecule has 2 atom stereocenters. The fourth-order valence-electron chi connectivity index (χ4n) is 2.23. The van der Waals surface area contributed by atoms with Crippen molar-refractivity contribution in [1.29, 1.82) is 0 Å². The Morgan fingerprint density at radius 1 is 1.50 bits per heavy atom. The Kier molecular flexibility index (Phi) is 6.63. The lowest BCUT2D eigenvalue weighted by Crippen LogP contribution is -2.37. The highest BCUT2D eigenvalue weighted by atomic mass is 79.9. The smallest absolute Gasteiger partial charge is 0.223 e. The molecule has 0 radical (unpaired) electrons. The van der Waals surface area contributed by atoms with Crippen molar-refractivity contribution in [1.82, 2.24) is 5.32 Å². The lowest BCUT2D eigenvalue weighted by molar-refractivity contribution is -0.126. The number of carbonyl (C=O) groups excluding carboxylic acids is 1. The Balaban J connectivity index is 0.00000162. The van der Waals surface area contributed by atoms with Gasteiger partial charge in [-0.2, -0.15) is 0 Å². The number of hydrogen-bond donors (Lipinski definition) is 2. The highest BCUT2D eigenvalue weighted by Gasteiger charge is 2.24. The summed E-state index contributed by atoms with van der Waals surface area (Å²) >= 11 is 5.07. The molecule has 1 aromatic heterocycles. The molecular formula is C12H18BrClN2OS. The van der Waals surface area contributed by atoms with Crippen molar-refractivity contribution in [3.63, 3.8) is 0 Å². The van der Waals surface area contributed by atoms with Crippen molar-refractivity contribution in [2.45, 2.75) is 38.3 Å². The molecule has 0 aromatic carbocycles. The van der Waals surface area contributed by atoms with E-state index in [1.54, 1.807) is 11.3 Å². The van der Waals surface area contributed by atoms with E-state index < -0.39 is 0 Å². The van der Waals surface area contributed by atoms with Crippen LogP contribution in [-0.2, 0) is 11.3 Å². The van der Waals surface area contributed by atoms with Gasteiger partial charge in [-0.1, -0.05) is 6.42 Å². The van der Waals surface area contributed by atoms with Crippen LogP contribution in [0.25, 0.3) is 0 Å². The van der Waals surface area contributed by atoms with Crippen LogP contribution in [0, 0.1) is 5.92 Å². The molecule has 1 aliphatic rings. The third-order valence-corrected chi connectivity index (χ3v) is 4.77. The van der Waals surface area contributed by atoms with Gasteiger partial charge >= 0.3 is 0 Å². The van der Waals surface area contributed by atoms with Crippen molar-refractivity contribution in [2.75, 3.05) is 0 Å². The number of halogens is 2. The highest BCUT2D eigenvalue weighted by Crippen LogP contribution is 2.24. The zero-order valence-electron chi connectivity index (χ0n) is 10.0. The molecule has 102 valence electrons. The molecule has 1 fully saturated rings. The predicted molar refractivity (Wildman–Crippen MR) is 81.0 cm³/mol. The van der Waals surface area contributed by atoms with Gasteiger partial charge in [-0.15, -0.1) is 23.7 Å². The maximum absolute atomic E-state index is 12.0. The van der Waals surface area contributed by atoms with Crippen molar-refractivity contribution in [3.05, 3.63) is 20.8 Å². The van der Waals surface area contributed by atoms with Crippen molar-refractivity contribution < 1.29 is 4.79 Å². The third-order valence-electron chi connectivity index (χ3n) is 3.15. The predicted octanol–water partition coefficient (Wildman–Crippen LogP) is 3.07. The monoisotopic (exact) mass is 352 g/mol. The SMILES string of the molecule is Cl.NC1CCCC(C(=O)NCc2ccc(Br)s2)C1. The van der Waals surface area contributed by atoms with Crippen LogP contribution in [0.15, 0.2) is 15.9 Å². The Morgan fingerprint density at radius 2 is 2.28 bits per heavy atom. The third kappa shape index (κ3) is 4.53. The molecule has 1 aliphatic carbocycles. The van der Waals surface area contributed by atoms with Gasteiger partial charge in [0.15, 0.2) is 0 Å². The van der Waals surface area contributed by atoms with Gasteiger partial charge in [-0.05, 0) is 47.3 Å². The Morgan fingerprint density at radius 3 is 2.89 bits per heavy atom. The number of amides is 1. The van der Waals surface area contributed by atoms with Crippen LogP contribution in [-0.4, -0.2) is 11.9 Å². The Hall–Kier alpha value is -0.100. The van der Waals surface area contributed by atoms with E-state index in [9.17, 15) is 4.79 Å². The Bertz CT molecular complexity index is 399. The summed E-state index contributed by atoms with van der Waals surface area (Å²) in [6.45, 7) is 0.626. The van der Waals surface area contributed by atoms with Crippen LogP contribution in [0.2, 0.25) is 0 Å². The molecule has 1 aromatic rings. The van der Waals surface area contributed by atoms with E-state index in [-0.39, 0.29) is 30.3 Å². The second-order valence-electron chi connectivity index (χ2n) is 4.55. The van der Waals surface area contributed by atoms with Gasteiger partial charge < -0.3 is 11.1 Å². The van der Waals surface area contributed by atoms with Crippen molar-refractivity contribution in [2.24, 2.45) is 11.7 Å². The summed E-state index contributed by atoms with van der Waals surface area (Å²) in [7, 11) is 0. The number of carbonyl (C=O) groups is 1. The van der Waals surface area contributed by atoms with Crippen molar-refractivity contribution in [3.8, 4) is 0 Å². The minimum Gasteiger partial charge on any atom is -0.351 e. The quantitative estimate of drug-likeness (QED) is 0.877. The Labute approximate surface area is 126 Å². The summed E-state index contributed by atoms with van der Waals surface area (Å²) in [6.07, 6.45) is 3.94. The highest BCUT2D eigenvalue weighted by molar-refractivity contribution is 9.11. The number of rotatable bonds is 3. The summed E-state index contributed by atoms with van der Waals surface area (Å²) in [5, 5.41) is 3.00. The van der Waals surface area contributed by atoms with Crippen LogP contribution in [0.5, 0.6) is 0 Å². The van der Waals surface area contributed by atoms with E-state index in [4.69, 9.17) is 5.73 Å². The first-order valence-electron chi connectivity index (χ1n) is 5.92. The molecule has 2 rings (SSSR count). The lowest BCUT2D eigenvalue weighted by atomic mass is 9.85. The van der Waals surface area contributed by atoms with E-state index in [1.807, 2.05) is 12.1 Å². The number of nitrogens with two attached hydrogens (primary N) is 1. The van der Waals surface area contributed by atoms with Crippen LogP contribution in [0.3, 0.4) is 0 Å². The van der Waals surface area contributed by atoms with E-state index in [0.717, 1.165) is 29.5 Å². The average Bonchev–Trinajstić information content (AvgIpc) is 2.72. The summed E-state index contributed by atoms with van der Waals surface area (Å²) in [4.78, 5) is 13.1. The summed E-state index contributed by atoms with van der Waals surface area (Å²) in [5.41, 5.74) is 5.89. The fourth-order valence-corrected chi connectivity index (χ4v) is 3.65. The topological polar surface area (TPSA) is 55.1 Å². The first-order chi connectivity index (χ1) is 8.15. The molecule has 1 amide bonds. The summed E-state index contributed by atoms with van der Waals surface area (Å²) < 4.78 is 1.10. The molecule has 1 saturated carbocycles. The molecule has 0 spiro atoms.